The molecule has 6 rings (SSSR count). The quantitative estimate of drug-likeness (QED) is 0.663. The molecule has 5 heteroatoms. The van der Waals surface area contributed by atoms with E-state index in [1.807, 2.05) is 48.2 Å². The lowest BCUT2D eigenvalue weighted by Gasteiger charge is -2.35. The van der Waals surface area contributed by atoms with E-state index < -0.39 is 5.41 Å². The fourth-order valence-electron chi connectivity index (χ4n) is 5.02. The number of amides is 1. The molecular weight excluding hydrogens is 366 g/mol. The number of hydrogen-bond donors (Lipinski definition) is 0. The molecule has 146 valence electrons. The number of aryl methyl sites for hydroxylation is 1. The highest BCUT2D eigenvalue weighted by Gasteiger charge is 2.55. The van der Waals surface area contributed by atoms with Crippen molar-refractivity contribution >= 4 is 11.6 Å². The van der Waals surface area contributed by atoms with Crippen LogP contribution in [0.3, 0.4) is 0 Å². The number of fused-ring (bicyclic) bond motifs is 5. The number of carbonyl (C=O) groups is 1. The van der Waals surface area contributed by atoms with Gasteiger partial charge in [-0.3, -0.25) is 4.79 Å². The van der Waals surface area contributed by atoms with Crippen molar-refractivity contribution in [2.24, 2.45) is 0 Å². The molecule has 0 fully saturated rings. The molecule has 0 saturated heterocycles. The maximum Gasteiger partial charge on any atom is 0.242 e. The van der Waals surface area contributed by atoms with Crippen molar-refractivity contribution in [1.82, 2.24) is 0 Å². The van der Waals surface area contributed by atoms with Crippen LogP contribution in [0, 0.1) is 6.92 Å². The third-order valence-corrected chi connectivity index (χ3v) is 6.36. The highest BCUT2D eigenvalue weighted by Crippen LogP contribution is 2.54. The van der Waals surface area contributed by atoms with E-state index in [2.05, 4.69) is 12.1 Å². The van der Waals surface area contributed by atoms with Crippen LogP contribution in [0.4, 0.5) is 5.69 Å². The fourth-order valence-corrected chi connectivity index (χ4v) is 5.02. The van der Waals surface area contributed by atoms with Crippen LogP contribution in [0.15, 0.2) is 52.9 Å². The van der Waals surface area contributed by atoms with Gasteiger partial charge in [0, 0.05) is 30.2 Å². The van der Waals surface area contributed by atoms with Crippen LogP contribution in [0.5, 0.6) is 11.5 Å². The van der Waals surface area contributed by atoms with E-state index >= 15 is 0 Å². The lowest BCUT2D eigenvalue weighted by atomic mass is 9.71. The molecule has 1 amide bonds. The number of para-hydroxylation sites is 1. The van der Waals surface area contributed by atoms with Crippen LogP contribution in [-0.2, 0) is 23.2 Å². The smallest absolute Gasteiger partial charge is 0.242 e. The summed E-state index contributed by atoms with van der Waals surface area (Å²) in [4.78, 5) is 15.9. The second kappa shape index (κ2) is 5.89. The van der Waals surface area contributed by atoms with Gasteiger partial charge in [-0.2, -0.15) is 0 Å². The second-order valence-electron chi connectivity index (χ2n) is 7.98. The van der Waals surface area contributed by atoms with Crippen molar-refractivity contribution in [3.8, 4) is 11.5 Å². The number of furan rings is 1. The third-order valence-electron chi connectivity index (χ3n) is 6.36. The Bertz CT molecular complexity index is 1150. The number of nitrogens with zero attached hydrogens (tertiary/aromatic N) is 1. The van der Waals surface area contributed by atoms with Gasteiger partial charge in [-0.15, -0.1) is 0 Å². The first-order valence-electron chi connectivity index (χ1n) is 10.1. The first-order valence-corrected chi connectivity index (χ1v) is 10.1. The van der Waals surface area contributed by atoms with Gasteiger partial charge in [0.25, 0.3) is 0 Å². The Morgan fingerprint density at radius 1 is 1.00 bits per heavy atom. The molecule has 3 aliphatic rings. The highest BCUT2D eigenvalue weighted by atomic mass is 16.5. The van der Waals surface area contributed by atoms with Crippen LogP contribution in [-0.4, -0.2) is 19.1 Å². The normalized spacial score (nSPS) is 21.6. The number of hydrogen-bond acceptors (Lipinski definition) is 4. The Kier molecular flexibility index (Phi) is 3.40. The Hall–Kier alpha value is -3.21. The molecule has 1 unspecified atom stereocenters. The predicted octanol–water partition coefficient (Wildman–Crippen LogP) is 4.14. The molecular formula is C24H21NO4. The molecule has 2 aromatic carbocycles. The molecule has 3 aromatic rings. The van der Waals surface area contributed by atoms with Crippen molar-refractivity contribution < 1.29 is 18.7 Å². The molecule has 1 atom stereocenters. The summed E-state index contributed by atoms with van der Waals surface area (Å²) in [7, 11) is 0. The summed E-state index contributed by atoms with van der Waals surface area (Å²) in [6, 6.07) is 16.1. The molecule has 0 saturated carbocycles. The van der Waals surface area contributed by atoms with E-state index in [1.54, 1.807) is 0 Å². The molecule has 3 aliphatic heterocycles. The van der Waals surface area contributed by atoms with Gasteiger partial charge in [-0.1, -0.05) is 18.2 Å². The molecule has 4 heterocycles. The van der Waals surface area contributed by atoms with Crippen molar-refractivity contribution in [3.05, 3.63) is 76.7 Å². The molecule has 0 radical (unpaired) electrons. The molecule has 5 nitrogen and oxygen atoms in total. The number of anilines is 1. The summed E-state index contributed by atoms with van der Waals surface area (Å²) in [6.45, 7) is 3.52. The number of ether oxygens (including phenoxy) is 2. The Labute approximate surface area is 168 Å². The van der Waals surface area contributed by atoms with Crippen LogP contribution in [0.1, 0.15) is 34.6 Å². The first-order chi connectivity index (χ1) is 14.2. The lowest BCUT2D eigenvalue weighted by molar-refractivity contribution is -0.122. The largest absolute Gasteiger partial charge is 0.493 e. The second-order valence-corrected chi connectivity index (χ2v) is 7.98. The van der Waals surface area contributed by atoms with Gasteiger partial charge < -0.3 is 18.8 Å². The first kappa shape index (κ1) is 16.7. The molecule has 1 spiro atoms. The van der Waals surface area contributed by atoms with Crippen molar-refractivity contribution in [1.29, 1.82) is 0 Å². The van der Waals surface area contributed by atoms with E-state index in [0.29, 0.717) is 26.2 Å². The van der Waals surface area contributed by atoms with E-state index in [-0.39, 0.29) is 5.91 Å². The van der Waals surface area contributed by atoms with Crippen LogP contribution < -0.4 is 14.4 Å². The van der Waals surface area contributed by atoms with Gasteiger partial charge in [0.1, 0.15) is 28.4 Å². The average molecular weight is 387 g/mol. The minimum atomic E-state index is -0.719. The molecule has 29 heavy (non-hydrogen) atoms. The molecule has 1 aromatic heterocycles. The fraction of sp³-hybridized carbons (Fsp3) is 0.292. The van der Waals surface area contributed by atoms with E-state index in [9.17, 15) is 4.79 Å². The van der Waals surface area contributed by atoms with Gasteiger partial charge in [0.2, 0.25) is 5.91 Å². The lowest BCUT2D eigenvalue weighted by Crippen LogP contribution is -2.44. The van der Waals surface area contributed by atoms with Gasteiger partial charge in [0.15, 0.2) is 0 Å². The summed E-state index contributed by atoms with van der Waals surface area (Å²) in [5, 5.41) is 0. The monoisotopic (exact) mass is 387 g/mol. The van der Waals surface area contributed by atoms with E-state index in [0.717, 1.165) is 51.8 Å². The summed E-state index contributed by atoms with van der Waals surface area (Å²) in [5.74, 6) is 3.37. The SMILES string of the molecule is Cc1ccc(CN2C(=O)C3(CCOc4cc5c(cc43)CCO5)c3ccccc32)o1. The zero-order chi connectivity index (χ0) is 19.6. The summed E-state index contributed by atoms with van der Waals surface area (Å²) < 4.78 is 17.5. The summed E-state index contributed by atoms with van der Waals surface area (Å²) in [6.07, 6.45) is 1.49. The third kappa shape index (κ3) is 2.24. The standard InChI is InChI=1S/C24H21NO4/c1-15-6-7-17(29-15)14-25-20-5-3-2-4-18(20)24(23(25)26)9-11-28-22-13-21-16(8-10-27-21)12-19(22)24/h2-7,12-13H,8-11,14H2,1H3. The minimum Gasteiger partial charge on any atom is -0.493 e. The Balaban J connectivity index is 1.53. The van der Waals surface area contributed by atoms with Crippen molar-refractivity contribution in [2.45, 2.75) is 31.7 Å². The van der Waals surface area contributed by atoms with Crippen LogP contribution in [0.25, 0.3) is 0 Å². The van der Waals surface area contributed by atoms with Crippen molar-refractivity contribution in [3.63, 3.8) is 0 Å². The Morgan fingerprint density at radius 3 is 2.72 bits per heavy atom. The maximum atomic E-state index is 14.0. The zero-order valence-corrected chi connectivity index (χ0v) is 16.2. The zero-order valence-electron chi connectivity index (χ0n) is 16.2. The topological polar surface area (TPSA) is 51.9 Å². The number of benzene rings is 2. The highest BCUT2D eigenvalue weighted by molar-refractivity contribution is 6.11. The molecule has 0 N–H and O–H groups in total. The maximum absolute atomic E-state index is 14.0. The number of rotatable bonds is 2. The minimum absolute atomic E-state index is 0.0937. The van der Waals surface area contributed by atoms with Crippen molar-refractivity contribution in [2.75, 3.05) is 18.1 Å². The predicted molar refractivity (Wildman–Crippen MR) is 108 cm³/mol. The van der Waals surface area contributed by atoms with Gasteiger partial charge >= 0.3 is 0 Å². The summed E-state index contributed by atoms with van der Waals surface area (Å²) >= 11 is 0. The van der Waals surface area contributed by atoms with Gasteiger partial charge in [0.05, 0.1) is 19.8 Å². The van der Waals surface area contributed by atoms with Crippen LogP contribution in [0.2, 0.25) is 0 Å². The molecule has 0 bridgehead atoms. The Morgan fingerprint density at radius 2 is 1.86 bits per heavy atom. The van der Waals surface area contributed by atoms with E-state index in [4.69, 9.17) is 13.9 Å². The average Bonchev–Trinajstić information content (AvgIpc) is 3.42. The van der Waals surface area contributed by atoms with Gasteiger partial charge in [-0.25, -0.2) is 0 Å². The van der Waals surface area contributed by atoms with Crippen LogP contribution >= 0.6 is 0 Å². The number of carbonyl (C=O) groups excluding carboxylic acids is 1. The molecule has 0 aliphatic carbocycles. The van der Waals surface area contributed by atoms with E-state index in [1.165, 1.54) is 0 Å². The summed E-state index contributed by atoms with van der Waals surface area (Å²) in [5.41, 5.74) is 3.40. The van der Waals surface area contributed by atoms with Gasteiger partial charge in [-0.05, 0) is 42.3 Å².